The number of carbonyl (C=O) groups excluding carboxylic acids is 1. The smallest absolute Gasteiger partial charge is 0.136 e. The van der Waals surface area contributed by atoms with Crippen LogP contribution in [-0.4, -0.2) is 25.2 Å². The molecule has 52 valence electrons. The standard InChI is InChI=1S/C5H11N3O/c6-4-8-2-1-5(7)3-9/h3-5H,1-2,7H2,(H2,6,8). The van der Waals surface area contributed by atoms with Gasteiger partial charge in [-0.2, -0.15) is 0 Å². The fourth-order valence-electron chi connectivity index (χ4n) is 0.366. The van der Waals surface area contributed by atoms with Crippen LogP contribution < -0.4 is 11.5 Å². The molecule has 0 rings (SSSR count). The van der Waals surface area contributed by atoms with Gasteiger partial charge in [-0.25, -0.2) is 0 Å². The van der Waals surface area contributed by atoms with Crippen molar-refractivity contribution in [1.82, 2.24) is 0 Å². The third-order valence-corrected chi connectivity index (χ3v) is 0.872. The number of nitrogens with two attached hydrogens (primary N) is 2. The van der Waals surface area contributed by atoms with Gasteiger partial charge in [0.25, 0.3) is 0 Å². The molecule has 0 heterocycles. The second-order valence-corrected chi connectivity index (χ2v) is 1.64. The highest BCUT2D eigenvalue weighted by atomic mass is 16.1. The minimum atomic E-state index is -0.395. The van der Waals surface area contributed by atoms with Crippen LogP contribution in [0.25, 0.3) is 0 Å². The molecule has 0 aliphatic heterocycles. The molecule has 0 aromatic rings. The highest BCUT2D eigenvalue weighted by molar-refractivity contribution is 5.57. The van der Waals surface area contributed by atoms with Gasteiger partial charge in [0, 0.05) is 6.54 Å². The van der Waals surface area contributed by atoms with E-state index >= 15 is 0 Å². The Morgan fingerprint density at radius 2 is 2.33 bits per heavy atom. The van der Waals surface area contributed by atoms with E-state index in [0.717, 1.165) is 0 Å². The van der Waals surface area contributed by atoms with Gasteiger partial charge < -0.3 is 16.3 Å². The first-order valence-electron chi connectivity index (χ1n) is 2.72. The van der Waals surface area contributed by atoms with Crippen LogP contribution in [0.2, 0.25) is 0 Å². The second-order valence-electron chi connectivity index (χ2n) is 1.64. The van der Waals surface area contributed by atoms with Crippen molar-refractivity contribution in [2.24, 2.45) is 16.5 Å². The van der Waals surface area contributed by atoms with Crippen molar-refractivity contribution in [1.29, 1.82) is 0 Å². The summed E-state index contributed by atoms with van der Waals surface area (Å²) in [6.45, 7) is 0.524. The largest absolute Gasteiger partial charge is 0.390 e. The Morgan fingerprint density at radius 1 is 1.67 bits per heavy atom. The SMILES string of the molecule is NC=NCCC(N)C=O. The molecule has 0 spiro atoms. The Labute approximate surface area is 53.9 Å². The predicted octanol–water partition coefficient (Wildman–Crippen LogP) is -1.11. The highest BCUT2D eigenvalue weighted by Gasteiger charge is 1.95. The quantitative estimate of drug-likeness (QED) is 0.287. The molecule has 0 bridgehead atoms. The van der Waals surface area contributed by atoms with E-state index in [4.69, 9.17) is 11.5 Å². The summed E-state index contributed by atoms with van der Waals surface area (Å²) in [4.78, 5) is 13.6. The molecular formula is C5H11N3O. The number of aldehydes is 1. The van der Waals surface area contributed by atoms with Crippen molar-refractivity contribution in [3.8, 4) is 0 Å². The fourth-order valence-corrected chi connectivity index (χ4v) is 0.366. The third kappa shape index (κ3) is 4.96. The van der Waals surface area contributed by atoms with E-state index in [2.05, 4.69) is 4.99 Å². The van der Waals surface area contributed by atoms with E-state index in [1.54, 1.807) is 0 Å². The first kappa shape index (κ1) is 8.10. The lowest BCUT2D eigenvalue weighted by Crippen LogP contribution is -2.22. The monoisotopic (exact) mass is 129 g/mol. The van der Waals surface area contributed by atoms with Crippen LogP contribution >= 0.6 is 0 Å². The van der Waals surface area contributed by atoms with Crippen molar-refractivity contribution in [2.75, 3.05) is 6.54 Å². The molecule has 0 aromatic heterocycles. The van der Waals surface area contributed by atoms with E-state index in [-0.39, 0.29) is 0 Å². The minimum absolute atomic E-state index is 0.395. The Balaban J connectivity index is 3.16. The van der Waals surface area contributed by atoms with Crippen LogP contribution in [0, 0.1) is 0 Å². The molecule has 0 aliphatic carbocycles. The maximum absolute atomic E-state index is 9.89. The van der Waals surface area contributed by atoms with Gasteiger partial charge >= 0.3 is 0 Å². The molecule has 0 aromatic carbocycles. The van der Waals surface area contributed by atoms with Gasteiger partial charge in [-0.05, 0) is 6.42 Å². The molecule has 0 radical (unpaired) electrons. The maximum Gasteiger partial charge on any atom is 0.136 e. The number of carbonyl (C=O) groups is 1. The summed E-state index contributed by atoms with van der Waals surface area (Å²) in [6.07, 6.45) is 2.47. The lowest BCUT2D eigenvalue weighted by atomic mass is 10.2. The molecule has 4 N–H and O–H groups in total. The van der Waals surface area contributed by atoms with Crippen molar-refractivity contribution in [2.45, 2.75) is 12.5 Å². The summed E-state index contributed by atoms with van der Waals surface area (Å²) in [5.41, 5.74) is 10.2. The van der Waals surface area contributed by atoms with Gasteiger partial charge in [0.1, 0.15) is 6.29 Å². The normalized spacial score (nSPS) is 13.9. The number of hydrogen-bond acceptors (Lipinski definition) is 3. The summed E-state index contributed by atoms with van der Waals surface area (Å²) >= 11 is 0. The van der Waals surface area contributed by atoms with Crippen LogP contribution in [0.4, 0.5) is 0 Å². The highest BCUT2D eigenvalue weighted by Crippen LogP contribution is 1.82. The van der Waals surface area contributed by atoms with Crippen LogP contribution in [-0.2, 0) is 4.79 Å². The van der Waals surface area contributed by atoms with Gasteiger partial charge in [0.2, 0.25) is 0 Å². The number of hydrogen-bond donors (Lipinski definition) is 2. The molecule has 0 fully saturated rings. The van der Waals surface area contributed by atoms with Gasteiger partial charge in [-0.1, -0.05) is 0 Å². The van der Waals surface area contributed by atoms with Crippen LogP contribution in [0.5, 0.6) is 0 Å². The van der Waals surface area contributed by atoms with Crippen LogP contribution in [0.1, 0.15) is 6.42 Å². The number of nitrogens with zero attached hydrogens (tertiary/aromatic N) is 1. The predicted molar refractivity (Wildman–Crippen MR) is 36.2 cm³/mol. The summed E-state index contributed by atoms with van der Waals surface area (Å²) in [6, 6.07) is -0.395. The second kappa shape index (κ2) is 5.24. The van der Waals surface area contributed by atoms with Crippen molar-refractivity contribution < 1.29 is 4.79 Å². The fraction of sp³-hybridized carbons (Fsp3) is 0.600. The van der Waals surface area contributed by atoms with E-state index in [1.165, 1.54) is 6.34 Å². The molecule has 0 aliphatic rings. The zero-order valence-electron chi connectivity index (χ0n) is 5.16. The zero-order valence-corrected chi connectivity index (χ0v) is 5.16. The lowest BCUT2D eigenvalue weighted by molar-refractivity contribution is -0.108. The molecule has 1 atom stereocenters. The molecule has 1 unspecified atom stereocenters. The summed E-state index contributed by atoms with van der Waals surface area (Å²) < 4.78 is 0. The number of aliphatic imine (C=N–C) groups is 1. The molecular weight excluding hydrogens is 118 g/mol. The van der Waals surface area contributed by atoms with Gasteiger partial charge in [-0.3, -0.25) is 4.99 Å². The van der Waals surface area contributed by atoms with Crippen molar-refractivity contribution in [3.05, 3.63) is 0 Å². The average molecular weight is 129 g/mol. The van der Waals surface area contributed by atoms with Gasteiger partial charge in [0.05, 0.1) is 12.4 Å². The Kier molecular flexibility index (Phi) is 4.72. The van der Waals surface area contributed by atoms with Crippen molar-refractivity contribution >= 4 is 12.6 Å². The van der Waals surface area contributed by atoms with Gasteiger partial charge in [0.15, 0.2) is 0 Å². The average Bonchev–Trinajstić information content (AvgIpc) is 1.89. The molecule has 9 heavy (non-hydrogen) atoms. The lowest BCUT2D eigenvalue weighted by Gasteiger charge is -1.96. The van der Waals surface area contributed by atoms with Crippen molar-refractivity contribution in [3.63, 3.8) is 0 Å². The zero-order chi connectivity index (χ0) is 7.11. The van der Waals surface area contributed by atoms with E-state index in [1.807, 2.05) is 0 Å². The Hall–Kier alpha value is -0.900. The molecule has 0 saturated carbocycles. The first-order chi connectivity index (χ1) is 4.31. The van der Waals surface area contributed by atoms with Crippen LogP contribution in [0.15, 0.2) is 4.99 Å². The Bertz CT molecular complexity index is 102. The molecule has 4 heteroatoms. The molecule has 0 saturated heterocycles. The van der Waals surface area contributed by atoms with Crippen LogP contribution in [0.3, 0.4) is 0 Å². The number of rotatable bonds is 4. The summed E-state index contributed by atoms with van der Waals surface area (Å²) in [5, 5.41) is 0. The summed E-state index contributed by atoms with van der Waals surface area (Å²) in [7, 11) is 0. The van der Waals surface area contributed by atoms with E-state index < -0.39 is 6.04 Å². The van der Waals surface area contributed by atoms with E-state index in [9.17, 15) is 4.79 Å². The third-order valence-electron chi connectivity index (χ3n) is 0.872. The minimum Gasteiger partial charge on any atom is -0.390 e. The Morgan fingerprint density at radius 3 is 2.78 bits per heavy atom. The topological polar surface area (TPSA) is 81.5 Å². The molecule has 4 nitrogen and oxygen atoms in total. The summed E-state index contributed by atoms with van der Waals surface area (Å²) in [5.74, 6) is 0. The van der Waals surface area contributed by atoms with Gasteiger partial charge in [-0.15, -0.1) is 0 Å². The molecule has 0 amide bonds. The van der Waals surface area contributed by atoms with E-state index in [0.29, 0.717) is 19.3 Å². The first-order valence-corrected chi connectivity index (χ1v) is 2.72. The maximum atomic E-state index is 9.89.